The Bertz CT molecular complexity index is 707. The Morgan fingerprint density at radius 2 is 1.92 bits per heavy atom. The zero-order chi connectivity index (χ0) is 17.8. The van der Waals surface area contributed by atoms with E-state index in [1.807, 2.05) is 14.1 Å². The van der Waals surface area contributed by atoms with Crippen molar-refractivity contribution in [1.82, 2.24) is 20.2 Å². The Morgan fingerprint density at radius 3 is 2.56 bits per heavy atom. The molecule has 0 bridgehead atoms. The maximum Gasteiger partial charge on any atom is 0.251 e. The molecule has 2 atom stereocenters. The fourth-order valence-corrected chi connectivity index (χ4v) is 3.29. The van der Waals surface area contributed by atoms with Gasteiger partial charge in [-0.25, -0.2) is 9.97 Å². The smallest absolute Gasteiger partial charge is 0.251 e. The van der Waals surface area contributed by atoms with Gasteiger partial charge in [-0.2, -0.15) is 0 Å². The van der Waals surface area contributed by atoms with E-state index in [0.29, 0.717) is 29.0 Å². The van der Waals surface area contributed by atoms with Gasteiger partial charge < -0.3 is 15.1 Å². The lowest BCUT2D eigenvalue weighted by atomic mass is 10.0. The molecule has 0 spiro atoms. The number of hydrogen-bond acceptors (Lipinski definition) is 5. The number of anilines is 1. The molecule has 6 nitrogen and oxygen atoms in total. The highest BCUT2D eigenvalue weighted by atomic mass is 35.5. The van der Waals surface area contributed by atoms with Crippen LogP contribution in [0, 0.1) is 5.92 Å². The van der Waals surface area contributed by atoms with Gasteiger partial charge in [0.1, 0.15) is 0 Å². The van der Waals surface area contributed by atoms with Crippen LogP contribution in [-0.2, 0) is 0 Å². The van der Waals surface area contributed by atoms with Crippen molar-refractivity contribution in [3.63, 3.8) is 0 Å². The first-order valence-electron chi connectivity index (χ1n) is 8.26. The first-order chi connectivity index (χ1) is 12.0. The molecular weight excluding hydrogens is 338 g/mol. The van der Waals surface area contributed by atoms with Gasteiger partial charge >= 0.3 is 0 Å². The standard InChI is InChI=1S/C18H22ClN5O/c1-23(2)10-14-11-24(18-20-8-3-9-21-18)12-16(14)22-17(25)13-4-6-15(19)7-5-13/h3-9,14,16H,10-12H2,1-2H3,(H,22,25). The maximum absolute atomic E-state index is 12.6. The quantitative estimate of drug-likeness (QED) is 0.883. The summed E-state index contributed by atoms with van der Waals surface area (Å²) in [5.74, 6) is 0.922. The molecule has 1 fully saturated rings. The highest BCUT2D eigenvalue weighted by Crippen LogP contribution is 2.22. The number of carbonyl (C=O) groups excluding carboxylic acids is 1. The fraction of sp³-hybridized carbons (Fsp3) is 0.389. The second-order valence-corrected chi connectivity index (χ2v) is 7.00. The fourth-order valence-electron chi connectivity index (χ4n) is 3.16. The van der Waals surface area contributed by atoms with E-state index < -0.39 is 0 Å². The van der Waals surface area contributed by atoms with Gasteiger partial charge in [0.2, 0.25) is 5.95 Å². The number of hydrogen-bond donors (Lipinski definition) is 1. The number of nitrogens with one attached hydrogen (secondary N) is 1. The number of amides is 1. The number of carbonyl (C=O) groups is 1. The minimum absolute atomic E-state index is 0.0365. The maximum atomic E-state index is 12.6. The minimum atomic E-state index is -0.0822. The lowest BCUT2D eigenvalue weighted by molar-refractivity contribution is 0.0928. The zero-order valence-corrected chi connectivity index (χ0v) is 15.1. The van der Waals surface area contributed by atoms with Crippen LogP contribution < -0.4 is 10.2 Å². The monoisotopic (exact) mass is 359 g/mol. The molecular formula is C18H22ClN5O. The van der Waals surface area contributed by atoms with Crippen LogP contribution in [0.15, 0.2) is 42.7 Å². The lowest BCUT2D eigenvalue weighted by Gasteiger charge is -2.22. The number of halogens is 1. The molecule has 7 heteroatoms. The molecule has 25 heavy (non-hydrogen) atoms. The molecule has 2 aromatic rings. The summed E-state index contributed by atoms with van der Waals surface area (Å²) in [4.78, 5) is 25.5. The van der Waals surface area contributed by atoms with E-state index in [-0.39, 0.29) is 11.9 Å². The van der Waals surface area contributed by atoms with Gasteiger partial charge in [0.25, 0.3) is 5.91 Å². The van der Waals surface area contributed by atoms with E-state index in [4.69, 9.17) is 11.6 Å². The third-order valence-corrected chi connectivity index (χ3v) is 4.55. The van der Waals surface area contributed by atoms with Gasteiger partial charge in [0.15, 0.2) is 0 Å². The SMILES string of the molecule is CN(C)CC1CN(c2ncccn2)CC1NC(=O)c1ccc(Cl)cc1. The van der Waals surface area contributed by atoms with Crippen molar-refractivity contribution >= 4 is 23.5 Å². The Morgan fingerprint density at radius 1 is 1.24 bits per heavy atom. The van der Waals surface area contributed by atoms with Crippen LogP contribution >= 0.6 is 11.6 Å². The van der Waals surface area contributed by atoms with Crippen molar-refractivity contribution in [3.8, 4) is 0 Å². The second kappa shape index (κ2) is 7.80. The molecule has 1 aliphatic rings. The highest BCUT2D eigenvalue weighted by molar-refractivity contribution is 6.30. The Balaban J connectivity index is 1.72. The first kappa shape index (κ1) is 17.6. The van der Waals surface area contributed by atoms with Crippen LogP contribution in [0.3, 0.4) is 0 Å². The predicted octanol–water partition coefficient (Wildman–Crippen LogP) is 1.93. The van der Waals surface area contributed by atoms with E-state index in [0.717, 1.165) is 13.1 Å². The van der Waals surface area contributed by atoms with Gasteiger partial charge in [0, 0.05) is 48.5 Å². The third kappa shape index (κ3) is 4.46. The summed E-state index contributed by atoms with van der Waals surface area (Å²) < 4.78 is 0. The number of aromatic nitrogens is 2. The molecule has 1 aliphatic heterocycles. The molecule has 1 aromatic carbocycles. The topological polar surface area (TPSA) is 61.4 Å². The van der Waals surface area contributed by atoms with Crippen LogP contribution in [0.25, 0.3) is 0 Å². The minimum Gasteiger partial charge on any atom is -0.347 e. The zero-order valence-electron chi connectivity index (χ0n) is 14.4. The Labute approximate surface area is 152 Å². The summed E-state index contributed by atoms with van der Waals surface area (Å²) in [6, 6.07) is 8.78. The van der Waals surface area contributed by atoms with E-state index in [9.17, 15) is 4.79 Å². The van der Waals surface area contributed by atoms with Gasteiger partial charge in [-0.05, 0) is 44.4 Å². The van der Waals surface area contributed by atoms with Gasteiger partial charge in [-0.15, -0.1) is 0 Å². The molecule has 2 unspecified atom stereocenters. The summed E-state index contributed by atoms with van der Waals surface area (Å²) in [6.45, 7) is 2.39. The van der Waals surface area contributed by atoms with Crippen molar-refractivity contribution in [3.05, 3.63) is 53.3 Å². The van der Waals surface area contributed by atoms with Gasteiger partial charge in [-0.1, -0.05) is 11.6 Å². The number of rotatable bonds is 5. The van der Waals surface area contributed by atoms with Crippen LogP contribution in [0.1, 0.15) is 10.4 Å². The highest BCUT2D eigenvalue weighted by Gasteiger charge is 2.35. The summed E-state index contributed by atoms with van der Waals surface area (Å²) in [7, 11) is 4.08. The number of nitrogens with zero attached hydrogens (tertiary/aromatic N) is 4. The first-order valence-corrected chi connectivity index (χ1v) is 8.64. The summed E-state index contributed by atoms with van der Waals surface area (Å²) >= 11 is 5.90. The third-order valence-electron chi connectivity index (χ3n) is 4.30. The van der Waals surface area contributed by atoms with Gasteiger partial charge in [0.05, 0.1) is 6.04 Å². The second-order valence-electron chi connectivity index (χ2n) is 6.56. The van der Waals surface area contributed by atoms with Crippen LogP contribution in [0.4, 0.5) is 5.95 Å². The molecule has 1 saturated heterocycles. The number of benzene rings is 1. The van der Waals surface area contributed by atoms with Crippen LogP contribution in [0.2, 0.25) is 5.02 Å². The molecule has 0 radical (unpaired) electrons. The van der Waals surface area contributed by atoms with Crippen LogP contribution in [0.5, 0.6) is 0 Å². The van der Waals surface area contributed by atoms with Crippen molar-refractivity contribution in [2.75, 3.05) is 38.6 Å². The molecule has 1 aromatic heterocycles. The average molecular weight is 360 g/mol. The lowest BCUT2D eigenvalue weighted by Crippen LogP contribution is -2.43. The van der Waals surface area contributed by atoms with E-state index in [1.165, 1.54) is 0 Å². The average Bonchev–Trinajstić information content (AvgIpc) is 2.98. The van der Waals surface area contributed by atoms with Crippen molar-refractivity contribution in [2.45, 2.75) is 6.04 Å². The molecule has 1 N–H and O–H groups in total. The van der Waals surface area contributed by atoms with Crippen molar-refractivity contribution in [1.29, 1.82) is 0 Å². The molecule has 0 saturated carbocycles. The molecule has 3 rings (SSSR count). The predicted molar refractivity (Wildman–Crippen MR) is 99.0 cm³/mol. The van der Waals surface area contributed by atoms with E-state index in [1.54, 1.807) is 42.7 Å². The summed E-state index contributed by atoms with van der Waals surface area (Å²) in [5, 5.41) is 3.78. The van der Waals surface area contributed by atoms with Crippen molar-refractivity contribution < 1.29 is 4.79 Å². The Hall–Kier alpha value is -2.18. The molecule has 1 amide bonds. The van der Waals surface area contributed by atoms with E-state index >= 15 is 0 Å². The van der Waals surface area contributed by atoms with Crippen LogP contribution in [-0.4, -0.2) is 60.5 Å². The normalized spacial score (nSPS) is 20.1. The molecule has 0 aliphatic carbocycles. The van der Waals surface area contributed by atoms with Crippen molar-refractivity contribution in [2.24, 2.45) is 5.92 Å². The summed E-state index contributed by atoms with van der Waals surface area (Å²) in [5.41, 5.74) is 0.613. The van der Waals surface area contributed by atoms with Gasteiger partial charge in [-0.3, -0.25) is 4.79 Å². The molecule has 132 valence electrons. The largest absolute Gasteiger partial charge is 0.347 e. The molecule has 2 heterocycles. The Kier molecular flexibility index (Phi) is 5.50. The van der Waals surface area contributed by atoms with E-state index in [2.05, 4.69) is 25.1 Å². The summed E-state index contributed by atoms with van der Waals surface area (Å²) in [6.07, 6.45) is 3.48.